The zero-order valence-corrected chi connectivity index (χ0v) is 6.92. The Balaban J connectivity index is 3.56. The van der Waals surface area contributed by atoms with Gasteiger partial charge in [-0.05, 0) is 12.5 Å². The van der Waals surface area contributed by atoms with Crippen molar-refractivity contribution in [2.45, 2.75) is 20.3 Å². The smallest absolute Gasteiger partial charge is 0.135 e. The fraction of sp³-hybridized carbons (Fsp3) is 0.500. The Morgan fingerprint density at radius 1 is 1.60 bits per heavy atom. The van der Waals surface area contributed by atoms with Gasteiger partial charge in [0.2, 0.25) is 0 Å². The minimum absolute atomic E-state index is 1.08. The molecule has 58 valence electrons. The average molecular weight is 142 g/mol. The van der Waals surface area contributed by atoms with Crippen molar-refractivity contribution >= 4 is 0 Å². The van der Waals surface area contributed by atoms with Crippen LogP contribution >= 0.6 is 0 Å². The molecule has 0 bridgehead atoms. The van der Waals surface area contributed by atoms with E-state index in [1.54, 1.807) is 12.6 Å². The quantitative estimate of drug-likeness (QED) is 0.459. The van der Waals surface area contributed by atoms with Crippen LogP contribution in [0, 0.1) is 0 Å². The van der Waals surface area contributed by atoms with Crippen molar-refractivity contribution in [2.24, 2.45) is 0 Å². The first-order chi connectivity index (χ1) is 4.81. The molecule has 2 nitrogen and oxygen atoms in total. The van der Waals surface area contributed by atoms with E-state index < -0.39 is 0 Å². The Labute approximate surface area is 62.5 Å². The van der Waals surface area contributed by atoms with Crippen molar-refractivity contribution in [2.75, 3.05) is 7.11 Å². The molecule has 0 spiro atoms. The molecule has 10 heavy (non-hydrogen) atoms. The summed E-state index contributed by atoms with van der Waals surface area (Å²) in [5, 5.41) is 0. The van der Waals surface area contributed by atoms with Gasteiger partial charge in [-0.15, -0.1) is 0 Å². The molecule has 0 atom stereocenters. The summed E-state index contributed by atoms with van der Waals surface area (Å²) in [4.78, 5) is 4.81. The summed E-state index contributed by atoms with van der Waals surface area (Å²) in [7, 11) is 1.65. The first kappa shape index (κ1) is 9.40. The number of hydroxylamine groups is 1. The monoisotopic (exact) mass is 142 g/mol. The maximum absolute atomic E-state index is 4.81. The zero-order chi connectivity index (χ0) is 7.82. The summed E-state index contributed by atoms with van der Waals surface area (Å²) < 4.78 is 0. The van der Waals surface area contributed by atoms with E-state index in [0.717, 1.165) is 12.1 Å². The molecule has 0 aliphatic carbocycles. The molecule has 0 saturated carbocycles. The fourth-order valence-electron chi connectivity index (χ4n) is 0.581. The van der Waals surface area contributed by atoms with Crippen molar-refractivity contribution in [3.63, 3.8) is 0 Å². The Morgan fingerprint density at radius 2 is 2.30 bits per heavy atom. The molecular weight excluding hydrogens is 126 g/mol. The highest BCUT2D eigenvalue weighted by Gasteiger charge is 1.85. The minimum atomic E-state index is 1.08. The van der Waals surface area contributed by atoms with E-state index in [0.29, 0.717) is 0 Å². The molecule has 2 N–H and O–H groups in total. The number of hydrogen-bond acceptors (Lipinski definition) is 1. The van der Waals surface area contributed by atoms with Gasteiger partial charge < -0.3 is 0 Å². The lowest BCUT2D eigenvalue weighted by molar-refractivity contribution is -0.854. The average Bonchev–Trinajstić information content (AvgIpc) is 1.89. The maximum Gasteiger partial charge on any atom is 0.135 e. The topological polar surface area (TPSA) is 25.8 Å². The van der Waals surface area contributed by atoms with Gasteiger partial charge in [-0.1, -0.05) is 19.1 Å². The second kappa shape index (κ2) is 6.52. The van der Waals surface area contributed by atoms with E-state index in [2.05, 4.69) is 13.0 Å². The SMILES string of the molecule is CC/C=C\C=C(\C)[NH2+]OC. The number of rotatable bonds is 4. The number of quaternary nitrogens is 1. The van der Waals surface area contributed by atoms with Crippen molar-refractivity contribution in [3.05, 3.63) is 23.9 Å². The molecule has 0 amide bonds. The van der Waals surface area contributed by atoms with Crippen LogP contribution in [0.1, 0.15) is 20.3 Å². The van der Waals surface area contributed by atoms with Gasteiger partial charge in [-0.3, -0.25) is 0 Å². The van der Waals surface area contributed by atoms with E-state index in [9.17, 15) is 0 Å². The standard InChI is InChI=1S/C8H15NO/c1-4-5-6-7-8(2)9-10-3/h5-7,9H,4H2,1-3H3/p+1/b6-5-,8-7-. The Morgan fingerprint density at radius 3 is 2.80 bits per heavy atom. The van der Waals surface area contributed by atoms with E-state index in [1.165, 1.54) is 0 Å². The molecule has 0 aromatic rings. The number of allylic oxidation sites excluding steroid dienone is 4. The van der Waals surface area contributed by atoms with Gasteiger partial charge in [-0.25, -0.2) is 4.84 Å². The van der Waals surface area contributed by atoms with Crippen molar-refractivity contribution in [1.82, 2.24) is 0 Å². The number of hydrogen-bond donors (Lipinski definition) is 1. The van der Waals surface area contributed by atoms with Crippen LogP contribution in [0.3, 0.4) is 0 Å². The molecule has 0 heterocycles. The lowest BCUT2D eigenvalue weighted by atomic mass is 10.3. The van der Waals surface area contributed by atoms with Crippen LogP contribution in [-0.4, -0.2) is 7.11 Å². The molecule has 0 aliphatic rings. The number of nitrogens with two attached hydrogens (primary N) is 1. The van der Waals surface area contributed by atoms with Crippen molar-refractivity contribution < 1.29 is 10.3 Å². The summed E-state index contributed by atoms with van der Waals surface area (Å²) in [5.41, 5.74) is 2.85. The third-order valence-electron chi connectivity index (χ3n) is 1.03. The first-order valence-electron chi connectivity index (χ1n) is 3.50. The van der Waals surface area contributed by atoms with Gasteiger partial charge in [0.05, 0.1) is 7.11 Å². The molecule has 0 saturated heterocycles. The van der Waals surface area contributed by atoms with Crippen LogP contribution in [-0.2, 0) is 4.84 Å². The van der Waals surface area contributed by atoms with Gasteiger partial charge >= 0.3 is 0 Å². The van der Waals surface area contributed by atoms with Crippen LogP contribution in [0.15, 0.2) is 23.9 Å². The highest BCUT2D eigenvalue weighted by Crippen LogP contribution is 1.83. The Bertz CT molecular complexity index is 127. The largest absolute Gasteiger partial charge is 0.205 e. The van der Waals surface area contributed by atoms with Gasteiger partial charge in [0.1, 0.15) is 5.70 Å². The lowest BCUT2D eigenvalue weighted by Gasteiger charge is -1.91. The molecule has 0 fully saturated rings. The molecule has 0 aromatic heterocycles. The predicted octanol–water partition coefficient (Wildman–Crippen LogP) is 0.981. The molecule has 0 radical (unpaired) electrons. The normalized spacial score (nSPS) is 12.9. The molecule has 2 heteroatoms. The summed E-state index contributed by atoms with van der Waals surface area (Å²) in [6, 6.07) is 0. The van der Waals surface area contributed by atoms with Crippen LogP contribution in [0.4, 0.5) is 0 Å². The van der Waals surface area contributed by atoms with Crippen LogP contribution in [0.25, 0.3) is 0 Å². The van der Waals surface area contributed by atoms with E-state index in [-0.39, 0.29) is 0 Å². The Hall–Kier alpha value is -0.600. The molecule has 0 aliphatic heterocycles. The highest BCUT2D eigenvalue weighted by molar-refractivity contribution is 5.03. The van der Waals surface area contributed by atoms with E-state index >= 15 is 0 Å². The Kier molecular flexibility index (Phi) is 6.13. The van der Waals surface area contributed by atoms with Crippen LogP contribution in [0.2, 0.25) is 0 Å². The summed E-state index contributed by atoms with van der Waals surface area (Å²) in [5.74, 6) is 0. The van der Waals surface area contributed by atoms with Crippen LogP contribution < -0.4 is 5.48 Å². The van der Waals surface area contributed by atoms with Gasteiger partial charge in [0.25, 0.3) is 0 Å². The van der Waals surface area contributed by atoms with Crippen LogP contribution in [0.5, 0.6) is 0 Å². The molecule has 0 rings (SSSR count). The second-order valence-corrected chi connectivity index (χ2v) is 2.10. The maximum atomic E-state index is 4.81. The summed E-state index contributed by atoms with van der Waals surface area (Å²) >= 11 is 0. The van der Waals surface area contributed by atoms with E-state index in [1.807, 2.05) is 19.1 Å². The molecule has 0 unspecified atom stereocenters. The second-order valence-electron chi connectivity index (χ2n) is 2.10. The minimum Gasteiger partial charge on any atom is -0.205 e. The van der Waals surface area contributed by atoms with E-state index in [4.69, 9.17) is 4.84 Å². The molecule has 0 aromatic carbocycles. The third-order valence-corrected chi connectivity index (χ3v) is 1.03. The summed E-state index contributed by atoms with van der Waals surface area (Å²) in [6.07, 6.45) is 7.24. The van der Waals surface area contributed by atoms with Crippen molar-refractivity contribution in [3.8, 4) is 0 Å². The fourth-order valence-corrected chi connectivity index (χ4v) is 0.581. The predicted molar refractivity (Wildman–Crippen MR) is 42.1 cm³/mol. The third kappa shape index (κ3) is 5.54. The summed E-state index contributed by atoms with van der Waals surface area (Å²) in [6.45, 7) is 4.11. The first-order valence-corrected chi connectivity index (χ1v) is 3.50. The lowest BCUT2D eigenvalue weighted by Crippen LogP contribution is -2.79. The highest BCUT2D eigenvalue weighted by atomic mass is 16.6. The van der Waals surface area contributed by atoms with Gasteiger partial charge in [-0.2, -0.15) is 5.48 Å². The van der Waals surface area contributed by atoms with Gasteiger partial charge in [0.15, 0.2) is 0 Å². The van der Waals surface area contributed by atoms with Gasteiger partial charge in [0, 0.05) is 6.92 Å². The molecular formula is C8H16NO+. The zero-order valence-electron chi connectivity index (χ0n) is 6.92. The van der Waals surface area contributed by atoms with Crippen molar-refractivity contribution in [1.29, 1.82) is 0 Å².